The van der Waals surface area contributed by atoms with Crippen molar-refractivity contribution in [2.75, 3.05) is 6.61 Å². The Morgan fingerprint density at radius 2 is 1.21 bits per heavy atom. The van der Waals surface area contributed by atoms with Crippen molar-refractivity contribution in [3.63, 3.8) is 0 Å². The van der Waals surface area contributed by atoms with Crippen molar-refractivity contribution in [2.24, 2.45) is 5.92 Å². The number of hydrogen-bond acceptors (Lipinski definition) is 6. The Bertz CT molecular complexity index is 702. The highest BCUT2D eigenvalue weighted by Gasteiger charge is 2.30. The Labute approximate surface area is 164 Å². The number of hydrogen-bond donors (Lipinski definition) is 0. The number of ether oxygens (including phenoxy) is 3. The predicted molar refractivity (Wildman–Crippen MR) is 102 cm³/mol. The quantitative estimate of drug-likeness (QED) is 0.355. The summed E-state index contributed by atoms with van der Waals surface area (Å²) in [6.07, 6.45) is -0.0978. The Morgan fingerprint density at radius 1 is 0.750 bits per heavy atom. The van der Waals surface area contributed by atoms with Gasteiger partial charge in [0.25, 0.3) is 0 Å². The predicted octanol–water partition coefficient (Wildman–Crippen LogP) is 3.43. The Kier molecular flexibility index (Phi) is 8.72. The van der Waals surface area contributed by atoms with Gasteiger partial charge in [0.15, 0.2) is 5.92 Å². The second-order valence-electron chi connectivity index (χ2n) is 6.08. The molecule has 0 spiro atoms. The smallest absolute Gasteiger partial charge is 0.320 e. The molecule has 0 fully saturated rings. The van der Waals surface area contributed by atoms with Gasteiger partial charge >= 0.3 is 17.9 Å². The van der Waals surface area contributed by atoms with Crippen LogP contribution in [0.15, 0.2) is 60.7 Å². The first kappa shape index (κ1) is 21.2. The molecular formula is C22H24O6. The fourth-order valence-corrected chi connectivity index (χ4v) is 2.49. The lowest BCUT2D eigenvalue weighted by Crippen LogP contribution is -2.29. The van der Waals surface area contributed by atoms with E-state index < -0.39 is 23.8 Å². The number of carbonyl (C=O) groups is 3. The van der Waals surface area contributed by atoms with E-state index in [4.69, 9.17) is 14.2 Å². The average molecular weight is 384 g/mol. The van der Waals surface area contributed by atoms with E-state index in [0.29, 0.717) is 0 Å². The normalized spacial score (nSPS) is 10.4. The van der Waals surface area contributed by atoms with Crippen LogP contribution in [0, 0.1) is 5.92 Å². The van der Waals surface area contributed by atoms with Crippen LogP contribution < -0.4 is 0 Å². The second kappa shape index (κ2) is 11.5. The van der Waals surface area contributed by atoms with Crippen LogP contribution in [-0.2, 0) is 41.8 Å². The molecule has 6 heteroatoms. The molecule has 0 unspecified atom stereocenters. The molecule has 0 saturated carbocycles. The van der Waals surface area contributed by atoms with Crippen LogP contribution in [0.1, 0.15) is 30.9 Å². The van der Waals surface area contributed by atoms with Crippen molar-refractivity contribution in [2.45, 2.75) is 33.0 Å². The number of benzene rings is 2. The van der Waals surface area contributed by atoms with Crippen LogP contribution in [0.25, 0.3) is 0 Å². The van der Waals surface area contributed by atoms with Crippen LogP contribution in [0.2, 0.25) is 0 Å². The van der Waals surface area contributed by atoms with Crippen LogP contribution in [0.3, 0.4) is 0 Å². The maximum Gasteiger partial charge on any atom is 0.320 e. The molecule has 0 heterocycles. The van der Waals surface area contributed by atoms with Crippen molar-refractivity contribution in [1.29, 1.82) is 0 Å². The van der Waals surface area contributed by atoms with Crippen molar-refractivity contribution in [1.82, 2.24) is 0 Å². The van der Waals surface area contributed by atoms with E-state index in [1.807, 2.05) is 60.7 Å². The summed E-state index contributed by atoms with van der Waals surface area (Å²) < 4.78 is 15.4. The molecule has 2 rings (SSSR count). The SMILES string of the molecule is CCOC(=O)CCC(C(=O)OCc1ccccc1)C(=O)OCc1ccccc1. The first-order valence-electron chi connectivity index (χ1n) is 9.17. The molecular weight excluding hydrogens is 360 g/mol. The molecule has 0 amide bonds. The molecule has 0 bridgehead atoms. The first-order valence-corrected chi connectivity index (χ1v) is 9.17. The molecule has 148 valence electrons. The largest absolute Gasteiger partial charge is 0.466 e. The molecule has 0 saturated heterocycles. The van der Waals surface area contributed by atoms with Gasteiger partial charge < -0.3 is 14.2 Å². The van der Waals surface area contributed by atoms with Crippen LogP contribution in [-0.4, -0.2) is 24.5 Å². The van der Waals surface area contributed by atoms with Crippen molar-refractivity contribution in [3.05, 3.63) is 71.8 Å². The van der Waals surface area contributed by atoms with Crippen molar-refractivity contribution < 1.29 is 28.6 Å². The number of rotatable bonds is 10. The van der Waals surface area contributed by atoms with E-state index >= 15 is 0 Å². The van der Waals surface area contributed by atoms with Gasteiger partial charge in [0.05, 0.1) is 6.61 Å². The Morgan fingerprint density at radius 3 is 1.64 bits per heavy atom. The summed E-state index contributed by atoms with van der Waals surface area (Å²) >= 11 is 0. The Hall–Kier alpha value is -3.15. The van der Waals surface area contributed by atoms with E-state index in [0.717, 1.165) is 11.1 Å². The minimum atomic E-state index is -1.18. The van der Waals surface area contributed by atoms with E-state index in [9.17, 15) is 14.4 Å². The van der Waals surface area contributed by atoms with Gasteiger partial charge in [-0.15, -0.1) is 0 Å². The fourth-order valence-electron chi connectivity index (χ4n) is 2.49. The van der Waals surface area contributed by atoms with Crippen molar-refractivity contribution >= 4 is 17.9 Å². The van der Waals surface area contributed by atoms with Crippen molar-refractivity contribution in [3.8, 4) is 0 Å². The summed E-state index contributed by atoms with van der Waals surface area (Å²) in [4.78, 5) is 36.6. The molecule has 0 aliphatic rings. The topological polar surface area (TPSA) is 78.9 Å². The highest BCUT2D eigenvalue weighted by atomic mass is 16.6. The van der Waals surface area contributed by atoms with Gasteiger partial charge in [-0.2, -0.15) is 0 Å². The van der Waals surface area contributed by atoms with Crippen LogP contribution in [0.4, 0.5) is 0 Å². The molecule has 0 aromatic heterocycles. The molecule has 2 aromatic rings. The summed E-state index contributed by atoms with van der Waals surface area (Å²) in [5, 5.41) is 0. The minimum Gasteiger partial charge on any atom is -0.466 e. The third kappa shape index (κ3) is 7.23. The number of esters is 3. The molecule has 6 nitrogen and oxygen atoms in total. The third-order valence-electron chi connectivity index (χ3n) is 3.96. The molecule has 0 aliphatic carbocycles. The van der Waals surface area contributed by atoms with Crippen LogP contribution >= 0.6 is 0 Å². The van der Waals surface area contributed by atoms with Gasteiger partial charge in [0, 0.05) is 6.42 Å². The molecule has 28 heavy (non-hydrogen) atoms. The molecule has 0 atom stereocenters. The second-order valence-corrected chi connectivity index (χ2v) is 6.08. The molecule has 0 aliphatic heterocycles. The molecule has 2 aromatic carbocycles. The number of carbonyl (C=O) groups excluding carboxylic acids is 3. The van der Waals surface area contributed by atoms with Gasteiger partial charge in [0.2, 0.25) is 0 Å². The van der Waals surface area contributed by atoms with E-state index in [1.165, 1.54) is 0 Å². The maximum absolute atomic E-state index is 12.5. The lowest BCUT2D eigenvalue weighted by Gasteiger charge is -2.15. The fraction of sp³-hybridized carbons (Fsp3) is 0.318. The van der Waals surface area contributed by atoms with Gasteiger partial charge in [-0.25, -0.2) is 0 Å². The van der Waals surface area contributed by atoms with Gasteiger partial charge in [-0.1, -0.05) is 60.7 Å². The highest BCUT2D eigenvalue weighted by Crippen LogP contribution is 2.15. The van der Waals surface area contributed by atoms with Gasteiger partial charge in [-0.05, 0) is 24.5 Å². The van der Waals surface area contributed by atoms with Crippen LogP contribution in [0.5, 0.6) is 0 Å². The lowest BCUT2D eigenvalue weighted by molar-refractivity contribution is -0.164. The average Bonchev–Trinajstić information content (AvgIpc) is 2.72. The zero-order chi connectivity index (χ0) is 20.2. The molecule has 0 radical (unpaired) electrons. The first-order chi connectivity index (χ1) is 13.6. The zero-order valence-corrected chi connectivity index (χ0v) is 15.8. The maximum atomic E-state index is 12.5. The summed E-state index contributed by atoms with van der Waals surface area (Å²) in [7, 11) is 0. The minimum absolute atomic E-state index is 0.0277. The third-order valence-corrected chi connectivity index (χ3v) is 3.96. The Balaban J connectivity index is 1.96. The summed E-state index contributed by atoms with van der Waals surface area (Å²) in [5.41, 5.74) is 1.61. The van der Waals surface area contributed by atoms with Gasteiger partial charge in [-0.3, -0.25) is 14.4 Å². The standard InChI is InChI=1S/C22H24O6/c1-2-26-20(23)14-13-19(21(24)27-15-17-9-5-3-6-10-17)22(25)28-16-18-11-7-4-8-12-18/h3-12,19H,2,13-16H2,1H3. The monoisotopic (exact) mass is 384 g/mol. The zero-order valence-electron chi connectivity index (χ0n) is 15.8. The summed E-state index contributed by atoms with van der Waals surface area (Å²) in [6.45, 7) is 2.02. The van der Waals surface area contributed by atoms with E-state index in [2.05, 4.69) is 0 Å². The van der Waals surface area contributed by atoms with Gasteiger partial charge in [0.1, 0.15) is 13.2 Å². The van der Waals surface area contributed by atoms with E-state index in [1.54, 1.807) is 6.92 Å². The lowest BCUT2D eigenvalue weighted by atomic mass is 10.0. The summed E-state index contributed by atoms with van der Waals surface area (Å²) in [6, 6.07) is 18.3. The summed E-state index contributed by atoms with van der Waals surface area (Å²) in [5.74, 6) is -3.09. The molecule has 0 N–H and O–H groups in total. The van der Waals surface area contributed by atoms with E-state index in [-0.39, 0.29) is 32.7 Å². The highest BCUT2D eigenvalue weighted by molar-refractivity contribution is 5.95.